The van der Waals surface area contributed by atoms with E-state index in [4.69, 9.17) is 9.15 Å². The Bertz CT molecular complexity index is 1240. The van der Waals surface area contributed by atoms with E-state index in [2.05, 4.69) is 10.6 Å². The summed E-state index contributed by atoms with van der Waals surface area (Å²) in [6.45, 7) is 1.87. The number of para-hydroxylation sites is 1. The quantitative estimate of drug-likeness (QED) is 0.469. The van der Waals surface area contributed by atoms with Crippen LogP contribution in [0, 0.1) is 6.92 Å². The van der Waals surface area contributed by atoms with Gasteiger partial charge in [-0.15, -0.1) is 0 Å². The number of furan rings is 1. The number of hydrogen-bond acceptors (Lipinski definition) is 4. The van der Waals surface area contributed by atoms with Crippen LogP contribution in [0.1, 0.15) is 71.8 Å². The smallest absolute Gasteiger partial charge is 0.268 e. The molecule has 2 N–H and O–H groups in total. The molecule has 6 nitrogen and oxygen atoms in total. The molecule has 2 amide bonds. The Hall–Kier alpha value is -3.80. The predicted octanol–water partition coefficient (Wildman–Crippen LogP) is 5.70. The summed E-state index contributed by atoms with van der Waals surface area (Å²) in [5.74, 6) is 0.603. The van der Waals surface area contributed by atoms with Crippen LogP contribution in [0.5, 0.6) is 5.75 Å². The van der Waals surface area contributed by atoms with Crippen molar-refractivity contribution in [1.29, 1.82) is 0 Å². The first kappa shape index (κ1) is 23.0. The molecule has 1 unspecified atom stereocenters. The molecule has 1 spiro atoms. The fourth-order valence-corrected chi connectivity index (χ4v) is 5.18. The Morgan fingerprint density at radius 1 is 0.971 bits per heavy atom. The first-order valence-corrected chi connectivity index (χ1v) is 12.2. The van der Waals surface area contributed by atoms with Crippen molar-refractivity contribution < 1.29 is 18.7 Å². The molecule has 180 valence electrons. The molecule has 35 heavy (non-hydrogen) atoms. The number of carbonyl (C=O) groups excluding carboxylic acids is 2. The number of hydrogen-bond donors (Lipinski definition) is 2. The third-order valence-electron chi connectivity index (χ3n) is 6.98. The predicted molar refractivity (Wildman–Crippen MR) is 134 cm³/mol. The minimum atomic E-state index is -0.365. The van der Waals surface area contributed by atoms with Gasteiger partial charge in [0.1, 0.15) is 22.8 Å². The van der Waals surface area contributed by atoms with Gasteiger partial charge < -0.3 is 19.8 Å². The summed E-state index contributed by atoms with van der Waals surface area (Å²) in [6, 6.07) is 18.5. The molecule has 6 heteroatoms. The van der Waals surface area contributed by atoms with Crippen LogP contribution in [0.4, 0.5) is 0 Å². The van der Waals surface area contributed by atoms with E-state index in [9.17, 15) is 9.59 Å². The number of amides is 2. The largest absolute Gasteiger partial charge is 0.487 e. The van der Waals surface area contributed by atoms with Crippen molar-refractivity contribution in [3.8, 4) is 5.75 Å². The van der Waals surface area contributed by atoms with E-state index < -0.39 is 0 Å². The number of carbonyl (C=O) groups is 2. The van der Waals surface area contributed by atoms with Gasteiger partial charge in [0.05, 0.1) is 12.3 Å². The average Bonchev–Trinajstić information content (AvgIpc) is 3.37. The van der Waals surface area contributed by atoms with Crippen molar-refractivity contribution in [2.45, 2.75) is 57.1 Å². The molecule has 1 aliphatic heterocycles. The first-order chi connectivity index (χ1) is 17.0. The second-order valence-electron chi connectivity index (χ2n) is 9.46. The molecule has 2 heterocycles. The van der Waals surface area contributed by atoms with Gasteiger partial charge in [0, 0.05) is 23.6 Å². The van der Waals surface area contributed by atoms with Gasteiger partial charge in [0.2, 0.25) is 0 Å². The van der Waals surface area contributed by atoms with Crippen molar-refractivity contribution >= 4 is 17.9 Å². The number of rotatable bonds is 5. The molecule has 0 bridgehead atoms. The van der Waals surface area contributed by atoms with Gasteiger partial charge in [-0.1, -0.05) is 42.8 Å². The van der Waals surface area contributed by atoms with Crippen LogP contribution < -0.4 is 15.4 Å². The van der Waals surface area contributed by atoms with Crippen molar-refractivity contribution in [2.75, 3.05) is 0 Å². The van der Waals surface area contributed by atoms with E-state index in [1.165, 1.54) is 12.7 Å². The normalized spacial score (nSPS) is 18.9. The molecule has 3 aromatic rings. The van der Waals surface area contributed by atoms with E-state index in [0.717, 1.165) is 42.6 Å². The molecule has 1 saturated carbocycles. The van der Waals surface area contributed by atoms with Crippen molar-refractivity contribution in [1.82, 2.24) is 10.6 Å². The number of nitrogens with one attached hydrogen (secondary N) is 2. The Morgan fingerprint density at radius 3 is 2.51 bits per heavy atom. The number of ether oxygens (including phenoxy) is 1. The summed E-state index contributed by atoms with van der Waals surface area (Å²) in [5, 5.41) is 6.00. The highest BCUT2D eigenvalue weighted by Crippen LogP contribution is 2.46. The van der Waals surface area contributed by atoms with Crippen LogP contribution in [0.3, 0.4) is 0 Å². The van der Waals surface area contributed by atoms with Crippen molar-refractivity contribution in [2.24, 2.45) is 0 Å². The lowest BCUT2D eigenvalue weighted by Gasteiger charge is -2.44. The van der Waals surface area contributed by atoms with E-state index in [-0.39, 0.29) is 29.2 Å². The highest BCUT2D eigenvalue weighted by Gasteiger charge is 2.42. The van der Waals surface area contributed by atoms with Crippen LogP contribution in [-0.2, 0) is 4.79 Å². The lowest BCUT2D eigenvalue weighted by Crippen LogP contribution is -2.47. The van der Waals surface area contributed by atoms with Gasteiger partial charge in [-0.2, -0.15) is 0 Å². The molecule has 0 radical (unpaired) electrons. The Morgan fingerprint density at radius 2 is 1.74 bits per heavy atom. The minimum absolute atomic E-state index is 0.134. The molecule has 5 rings (SSSR count). The zero-order chi connectivity index (χ0) is 24.3. The fraction of sp³-hybridized carbons (Fsp3) is 0.310. The third-order valence-corrected chi connectivity index (χ3v) is 6.98. The zero-order valence-electron chi connectivity index (χ0n) is 19.9. The van der Waals surface area contributed by atoms with Crippen molar-refractivity contribution in [3.05, 3.63) is 95.1 Å². The van der Waals surface area contributed by atoms with E-state index >= 15 is 0 Å². The second kappa shape index (κ2) is 9.82. The highest BCUT2D eigenvalue weighted by atomic mass is 16.5. The summed E-state index contributed by atoms with van der Waals surface area (Å²) >= 11 is 0. The summed E-state index contributed by atoms with van der Waals surface area (Å²) in [7, 11) is 0. The van der Waals surface area contributed by atoms with E-state index in [1.807, 2.05) is 43.3 Å². The molecule has 1 fully saturated rings. The molecule has 2 aliphatic rings. The standard InChI is InChI=1S/C29H30N2O4/c1-20-10-3-4-12-22(20)27(32)30-24(18-21-11-9-17-34-21)28(33)31-25-19-29(15-7-2-8-16-29)35-26-14-6-5-13-23(25)26/h3-6,9-14,17-18,25H,2,7-8,15-16,19H2,1H3,(H,30,32)(H,31,33)/b24-18-. The molecule has 1 atom stereocenters. The fourth-order valence-electron chi connectivity index (χ4n) is 5.18. The monoisotopic (exact) mass is 470 g/mol. The van der Waals surface area contributed by atoms with Crippen LogP contribution >= 0.6 is 0 Å². The van der Waals surface area contributed by atoms with Gasteiger partial charge in [0.15, 0.2) is 0 Å². The van der Waals surface area contributed by atoms with Gasteiger partial charge in [-0.3, -0.25) is 9.59 Å². The van der Waals surface area contributed by atoms with Gasteiger partial charge in [-0.05, 0) is 62.4 Å². The van der Waals surface area contributed by atoms with Gasteiger partial charge in [-0.25, -0.2) is 0 Å². The molecular formula is C29H30N2O4. The highest BCUT2D eigenvalue weighted by molar-refractivity contribution is 6.05. The zero-order valence-corrected chi connectivity index (χ0v) is 19.9. The van der Waals surface area contributed by atoms with Gasteiger partial charge in [0.25, 0.3) is 11.8 Å². The number of aryl methyl sites for hydroxylation is 1. The van der Waals surface area contributed by atoms with Crippen LogP contribution in [0.25, 0.3) is 6.08 Å². The summed E-state index contributed by atoms with van der Waals surface area (Å²) in [4.78, 5) is 26.7. The summed E-state index contributed by atoms with van der Waals surface area (Å²) < 4.78 is 11.9. The maximum Gasteiger partial charge on any atom is 0.268 e. The average molecular weight is 471 g/mol. The summed E-state index contributed by atoms with van der Waals surface area (Å²) in [6.07, 6.45) is 9.22. The SMILES string of the molecule is Cc1ccccc1C(=O)N/C(=C\c1ccco1)C(=O)NC1CC2(CCCCC2)Oc2ccccc21. The molecule has 1 aromatic heterocycles. The van der Waals surface area contributed by atoms with E-state index in [0.29, 0.717) is 17.7 Å². The lowest BCUT2D eigenvalue weighted by molar-refractivity contribution is -0.119. The second-order valence-corrected chi connectivity index (χ2v) is 9.46. The molecule has 1 aliphatic carbocycles. The lowest BCUT2D eigenvalue weighted by atomic mass is 9.77. The van der Waals surface area contributed by atoms with Gasteiger partial charge >= 0.3 is 0 Å². The summed E-state index contributed by atoms with van der Waals surface area (Å²) in [5.41, 5.74) is 2.18. The first-order valence-electron chi connectivity index (χ1n) is 12.2. The molecule has 2 aromatic carbocycles. The maximum absolute atomic E-state index is 13.6. The van der Waals surface area contributed by atoms with Crippen LogP contribution in [0.15, 0.2) is 77.0 Å². The van der Waals surface area contributed by atoms with E-state index in [1.54, 1.807) is 30.3 Å². The minimum Gasteiger partial charge on any atom is -0.487 e. The Labute approximate surface area is 205 Å². The van der Waals surface area contributed by atoms with Crippen LogP contribution in [-0.4, -0.2) is 17.4 Å². The van der Waals surface area contributed by atoms with Crippen molar-refractivity contribution in [3.63, 3.8) is 0 Å². The number of benzene rings is 2. The maximum atomic E-state index is 13.6. The topological polar surface area (TPSA) is 80.6 Å². The molecule has 0 saturated heterocycles. The molecular weight excluding hydrogens is 440 g/mol. The van der Waals surface area contributed by atoms with Crippen LogP contribution in [0.2, 0.25) is 0 Å². The third kappa shape index (κ3) is 5.02. The Balaban J connectivity index is 1.42. The number of fused-ring (bicyclic) bond motifs is 1. The Kier molecular flexibility index (Phi) is 6.45.